The van der Waals surface area contributed by atoms with Gasteiger partial charge < -0.3 is 19.7 Å². The maximum absolute atomic E-state index is 12.1. The van der Waals surface area contributed by atoms with Crippen LogP contribution in [0.1, 0.15) is 34.6 Å². The SMILES string of the molecule is CC(C)(C=O)NC(=O)C1C2CN(C(=O)OC(C)(C)C)CC21. The molecule has 2 aliphatic rings. The standard InChI is InChI=1S/C15H24N2O4/c1-14(2,3)21-13(20)17-6-9-10(7-17)11(9)12(19)16-15(4,5)8-18/h8-11H,6-7H2,1-5H3,(H,16,19). The van der Waals surface area contributed by atoms with Crippen molar-refractivity contribution in [3.63, 3.8) is 0 Å². The van der Waals surface area contributed by atoms with Gasteiger partial charge in [-0.05, 0) is 46.5 Å². The van der Waals surface area contributed by atoms with Gasteiger partial charge in [0, 0.05) is 19.0 Å². The lowest BCUT2D eigenvalue weighted by molar-refractivity contribution is -0.127. The third kappa shape index (κ3) is 3.54. The zero-order chi connectivity index (χ0) is 16.0. The number of hydrogen-bond donors (Lipinski definition) is 1. The second kappa shape index (κ2) is 5.00. The lowest BCUT2D eigenvalue weighted by Gasteiger charge is -2.26. The van der Waals surface area contributed by atoms with E-state index in [0.29, 0.717) is 13.1 Å². The molecule has 1 saturated carbocycles. The summed E-state index contributed by atoms with van der Waals surface area (Å²) in [5.41, 5.74) is -1.34. The van der Waals surface area contributed by atoms with Crippen LogP contribution in [0.5, 0.6) is 0 Å². The predicted molar refractivity (Wildman–Crippen MR) is 76.6 cm³/mol. The van der Waals surface area contributed by atoms with Crippen molar-refractivity contribution in [2.24, 2.45) is 17.8 Å². The van der Waals surface area contributed by atoms with E-state index in [1.807, 2.05) is 20.8 Å². The van der Waals surface area contributed by atoms with Crippen molar-refractivity contribution < 1.29 is 19.1 Å². The lowest BCUT2D eigenvalue weighted by Crippen LogP contribution is -2.47. The molecular weight excluding hydrogens is 272 g/mol. The molecule has 21 heavy (non-hydrogen) atoms. The topological polar surface area (TPSA) is 75.7 Å². The summed E-state index contributed by atoms with van der Waals surface area (Å²) in [5.74, 6) is 0.216. The number of nitrogens with one attached hydrogen (secondary N) is 1. The van der Waals surface area contributed by atoms with Gasteiger partial charge in [-0.1, -0.05) is 0 Å². The number of likely N-dealkylation sites (tertiary alicyclic amines) is 1. The van der Waals surface area contributed by atoms with Gasteiger partial charge in [-0.25, -0.2) is 4.79 Å². The highest BCUT2D eigenvalue weighted by molar-refractivity contribution is 5.86. The van der Waals surface area contributed by atoms with Gasteiger partial charge in [-0.3, -0.25) is 4.79 Å². The van der Waals surface area contributed by atoms with Crippen LogP contribution in [0, 0.1) is 17.8 Å². The monoisotopic (exact) mass is 296 g/mol. The van der Waals surface area contributed by atoms with E-state index in [9.17, 15) is 14.4 Å². The van der Waals surface area contributed by atoms with Gasteiger partial charge in [-0.15, -0.1) is 0 Å². The Kier molecular flexibility index (Phi) is 3.76. The van der Waals surface area contributed by atoms with Crippen molar-refractivity contribution >= 4 is 18.3 Å². The van der Waals surface area contributed by atoms with Crippen molar-refractivity contribution in [1.29, 1.82) is 0 Å². The highest BCUT2D eigenvalue weighted by atomic mass is 16.6. The van der Waals surface area contributed by atoms with E-state index in [1.165, 1.54) is 0 Å². The molecule has 1 aliphatic heterocycles. The molecule has 1 heterocycles. The summed E-state index contributed by atoms with van der Waals surface area (Å²) in [4.78, 5) is 36.5. The Hall–Kier alpha value is -1.59. The summed E-state index contributed by atoms with van der Waals surface area (Å²) in [6, 6.07) is 0. The number of hydrogen-bond acceptors (Lipinski definition) is 4. The summed E-state index contributed by atoms with van der Waals surface area (Å²) < 4.78 is 5.32. The Morgan fingerprint density at radius 2 is 1.67 bits per heavy atom. The minimum Gasteiger partial charge on any atom is -0.444 e. The van der Waals surface area contributed by atoms with Crippen molar-refractivity contribution in [2.45, 2.75) is 45.8 Å². The molecule has 2 unspecified atom stereocenters. The number of fused-ring (bicyclic) bond motifs is 1. The fraction of sp³-hybridized carbons (Fsp3) is 0.800. The first kappa shape index (κ1) is 15.8. The first-order valence-corrected chi connectivity index (χ1v) is 7.30. The molecule has 6 heteroatoms. The quantitative estimate of drug-likeness (QED) is 0.794. The van der Waals surface area contributed by atoms with Crippen LogP contribution in [0.15, 0.2) is 0 Å². The molecule has 2 atom stereocenters. The molecule has 0 aromatic carbocycles. The van der Waals surface area contributed by atoms with E-state index >= 15 is 0 Å². The van der Waals surface area contributed by atoms with Crippen molar-refractivity contribution in [2.75, 3.05) is 13.1 Å². The number of ether oxygens (including phenoxy) is 1. The first-order valence-electron chi connectivity index (χ1n) is 7.30. The molecule has 2 amide bonds. The maximum atomic E-state index is 12.1. The van der Waals surface area contributed by atoms with E-state index in [-0.39, 0.29) is 29.8 Å². The fourth-order valence-electron chi connectivity index (χ4n) is 2.82. The molecule has 1 saturated heterocycles. The third-order valence-electron chi connectivity index (χ3n) is 3.89. The van der Waals surface area contributed by atoms with Crippen LogP contribution in [0.25, 0.3) is 0 Å². The highest BCUT2D eigenvalue weighted by Gasteiger charge is 2.60. The largest absolute Gasteiger partial charge is 0.444 e. The van der Waals surface area contributed by atoms with Gasteiger partial charge in [0.25, 0.3) is 0 Å². The summed E-state index contributed by atoms with van der Waals surface area (Å²) in [5, 5.41) is 2.74. The molecule has 118 valence electrons. The molecule has 2 fully saturated rings. The summed E-state index contributed by atoms with van der Waals surface area (Å²) >= 11 is 0. The fourth-order valence-corrected chi connectivity index (χ4v) is 2.82. The van der Waals surface area contributed by atoms with Crippen LogP contribution in [-0.2, 0) is 14.3 Å². The van der Waals surface area contributed by atoms with Crippen LogP contribution in [0.3, 0.4) is 0 Å². The van der Waals surface area contributed by atoms with Crippen molar-refractivity contribution in [1.82, 2.24) is 10.2 Å². The van der Waals surface area contributed by atoms with E-state index in [0.717, 1.165) is 6.29 Å². The number of nitrogens with zero attached hydrogens (tertiary/aromatic N) is 1. The van der Waals surface area contributed by atoms with Crippen LogP contribution >= 0.6 is 0 Å². The Balaban J connectivity index is 1.83. The zero-order valence-electron chi connectivity index (χ0n) is 13.3. The van der Waals surface area contributed by atoms with Crippen molar-refractivity contribution in [3.05, 3.63) is 0 Å². The Morgan fingerprint density at radius 1 is 1.14 bits per heavy atom. The van der Waals surface area contributed by atoms with E-state index in [4.69, 9.17) is 4.74 Å². The lowest BCUT2D eigenvalue weighted by atomic mass is 10.1. The van der Waals surface area contributed by atoms with Crippen molar-refractivity contribution in [3.8, 4) is 0 Å². The third-order valence-corrected chi connectivity index (χ3v) is 3.89. The first-order chi connectivity index (χ1) is 9.54. The second-order valence-electron chi connectivity index (χ2n) is 7.57. The summed E-state index contributed by atoms with van der Waals surface area (Å²) in [6.45, 7) is 9.95. The van der Waals surface area contributed by atoms with Gasteiger partial charge in [0.2, 0.25) is 5.91 Å². The molecule has 0 spiro atoms. The molecule has 2 rings (SSSR count). The normalized spacial score (nSPS) is 27.9. The average Bonchev–Trinajstić information content (AvgIpc) is 2.82. The van der Waals surface area contributed by atoms with E-state index in [2.05, 4.69) is 5.32 Å². The maximum Gasteiger partial charge on any atom is 0.410 e. The van der Waals surface area contributed by atoms with Crippen LogP contribution in [0.4, 0.5) is 4.79 Å². The molecule has 0 radical (unpaired) electrons. The minimum absolute atomic E-state index is 0.0806. The number of aldehydes is 1. The molecular formula is C15H24N2O4. The number of piperidine rings is 1. The number of amides is 2. The van der Waals surface area contributed by atoms with Crippen LogP contribution in [-0.4, -0.2) is 47.4 Å². The van der Waals surface area contributed by atoms with Gasteiger partial charge in [0.05, 0.1) is 5.54 Å². The predicted octanol–water partition coefficient (Wildman–Crippen LogP) is 1.19. The minimum atomic E-state index is -0.835. The smallest absolute Gasteiger partial charge is 0.410 e. The molecule has 0 aromatic rings. The van der Waals surface area contributed by atoms with Gasteiger partial charge in [-0.2, -0.15) is 0 Å². The molecule has 1 N–H and O–H groups in total. The molecule has 0 aromatic heterocycles. The number of carbonyl (C=O) groups is 3. The van der Waals surface area contributed by atoms with Gasteiger partial charge in [0.15, 0.2) is 0 Å². The molecule has 1 aliphatic carbocycles. The van der Waals surface area contributed by atoms with Gasteiger partial charge >= 0.3 is 6.09 Å². The average molecular weight is 296 g/mol. The Bertz CT molecular complexity index is 455. The van der Waals surface area contributed by atoms with E-state index < -0.39 is 11.1 Å². The van der Waals surface area contributed by atoms with Crippen LogP contribution in [0.2, 0.25) is 0 Å². The van der Waals surface area contributed by atoms with Gasteiger partial charge in [0.1, 0.15) is 11.9 Å². The molecule has 6 nitrogen and oxygen atoms in total. The summed E-state index contributed by atoms with van der Waals surface area (Å²) in [7, 11) is 0. The number of rotatable bonds is 3. The summed E-state index contributed by atoms with van der Waals surface area (Å²) in [6.07, 6.45) is 0.415. The van der Waals surface area contributed by atoms with Crippen LogP contribution < -0.4 is 5.32 Å². The Morgan fingerprint density at radius 3 is 2.10 bits per heavy atom. The second-order valence-corrected chi connectivity index (χ2v) is 7.57. The highest BCUT2D eigenvalue weighted by Crippen LogP contribution is 2.52. The zero-order valence-corrected chi connectivity index (χ0v) is 13.3. The Labute approximate surface area is 125 Å². The molecule has 0 bridgehead atoms. The van der Waals surface area contributed by atoms with E-state index in [1.54, 1.807) is 18.7 Å². The number of carbonyl (C=O) groups excluding carboxylic acids is 3.